The molecule has 2 aromatic carbocycles. The van der Waals surface area contributed by atoms with E-state index >= 15 is 0 Å². The number of hydrogen-bond donors (Lipinski definition) is 1. The lowest BCUT2D eigenvalue weighted by Gasteiger charge is -2.22. The van der Waals surface area contributed by atoms with Crippen LogP contribution in [0.25, 0.3) is 0 Å². The zero-order valence-electron chi connectivity index (χ0n) is 15.7. The molecule has 0 aliphatic carbocycles. The van der Waals surface area contributed by atoms with Gasteiger partial charge in [0.05, 0.1) is 13.0 Å². The average Bonchev–Trinajstić information content (AvgIpc) is 3.09. The van der Waals surface area contributed by atoms with E-state index in [1.807, 2.05) is 6.07 Å². The monoisotopic (exact) mass is 428 g/mol. The number of aliphatic carboxylic acids is 1. The predicted molar refractivity (Wildman–Crippen MR) is 106 cm³/mol. The zero-order chi connectivity index (χ0) is 21.5. The Bertz CT molecular complexity index is 1060. The number of imide groups is 1. The van der Waals surface area contributed by atoms with E-state index < -0.39 is 35.7 Å². The number of halogens is 1. The number of ether oxygens (including phenoxy) is 1. The second-order valence-electron chi connectivity index (χ2n) is 7.04. The summed E-state index contributed by atoms with van der Waals surface area (Å²) in [6.07, 6.45) is -0.376. The molecular weight excluding hydrogens is 412 g/mol. The van der Waals surface area contributed by atoms with Gasteiger partial charge in [0.2, 0.25) is 17.7 Å². The van der Waals surface area contributed by atoms with Crippen molar-refractivity contribution in [3.05, 3.63) is 59.1 Å². The molecule has 0 aromatic heterocycles. The van der Waals surface area contributed by atoms with Crippen LogP contribution in [0.1, 0.15) is 12.0 Å². The second kappa shape index (κ2) is 7.46. The Hall–Kier alpha value is -3.39. The van der Waals surface area contributed by atoms with Crippen LogP contribution in [0.4, 0.5) is 5.69 Å². The first-order valence-corrected chi connectivity index (χ1v) is 9.59. The number of carbonyl (C=O) groups excluding carboxylic acids is 3. The highest BCUT2D eigenvalue weighted by Crippen LogP contribution is 2.49. The van der Waals surface area contributed by atoms with E-state index in [9.17, 15) is 24.3 Å². The molecular formula is C21H17ClN2O6. The van der Waals surface area contributed by atoms with Crippen LogP contribution in [-0.4, -0.2) is 53.4 Å². The Morgan fingerprint density at radius 1 is 1.07 bits per heavy atom. The minimum absolute atomic E-state index is 0.0313. The van der Waals surface area contributed by atoms with Gasteiger partial charge in [-0.25, -0.2) is 0 Å². The molecule has 0 bridgehead atoms. The van der Waals surface area contributed by atoms with Crippen LogP contribution in [0.15, 0.2) is 48.5 Å². The highest BCUT2D eigenvalue weighted by atomic mass is 35.5. The Balaban J connectivity index is 1.63. The highest BCUT2D eigenvalue weighted by molar-refractivity contribution is 6.32. The van der Waals surface area contributed by atoms with Gasteiger partial charge in [-0.3, -0.25) is 29.0 Å². The van der Waals surface area contributed by atoms with Crippen molar-refractivity contribution in [2.45, 2.75) is 11.8 Å². The lowest BCUT2D eigenvalue weighted by molar-refractivity contribution is -0.143. The molecule has 1 N–H and O–H groups in total. The van der Waals surface area contributed by atoms with Crippen molar-refractivity contribution in [1.29, 1.82) is 0 Å². The van der Waals surface area contributed by atoms with Crippen LogP contribution >= 0.6 is 11.6 Å². The van der Waals surface area contributed by atoms with Crippen molar-refractivity contribution < 1.29 is 29.0 Å². The summed E-state index contributed by atoms with van der Waals surface area (Å²) >= 11 is 6.08. The lowest BCUT2D eigenvalue weighted by atomic mass is 9.80. The number of carboxylic acid groups (broad SMARTS) is 1. The molecule has 1 fully saturated rings. The molecule has 4 rings (SSSR count). The van der Waals surface area contributed by atoms with Gasteiger partial charge in [-0.2, -0.15) is 0 Å². The van der Waals surface area contributed by atoms with E-state index in [4.69, 9.17) is 16.3 Å². The number of benzene rings is 2. The van der Waals surface area contributed by atoms with Gasteiger partial charge in [-0.05, 0) is 30.3 Å². The smallest absolute Gasteiger partial charge is 0.323 e. The minimum atomic E-state index is -1.79. The van der Waals surface area contributed by atoms with Crippen molar-refractivity contribution in [1.82, 2.24) is 4.90 Å². The third kappa shape index (κ3) is 3.09. The number of amides is 3. The Kier molecular flexibility index (Phi) is 4.95. The van der Waals surface area contributed by atoms with Crippen LogP contribution in [-0.2, 0) is 24.6 Å². The highest BCUT2D eigenvalue weighted by Gasteiger charge is 2.63. The Morgan fingerprint density at radius 3 is 2.47 bits per heavy atom. The molecule has 1 spiro atoms. The average molecular weight is 429 g/mol. The summed E-state index contributed by atoms with van der Waals surface area (Å²) < 4.78 is 5.56. The van der Waals surface area contributed by atoms with E-state index in [0.29, 0.717) is 5.75 Å². The minimum Gasteiger partial charge on any atom is -0.492 e. The quantitative estimate of drug-likeness (QED) is 0.556. The third-order valence-corrected chi connectivity index (χ3v) is 5.50. The fraction of sp³-hybridized carbons (Fsp3) is 0.238. The van der Waals surface area contributed by atoms with Crippen molar-refractivity contribution in [2.75, 3.05) is 24.6 Å². The lowest BCUT2D eigenvalue weighted by Crippen LogP contribution is -2.48. The number of fused-ring (bicyclic) bond motifs is 2. The summed E-state index contributed by atoms with van der Waals surface area (Å²) in [4.78, 5) is 52.5. The fourth-order valence-corrected chi connectivity index (χ4v) is 4.12. The molecule has 8 nitrogen and oxygen atoms in total. The van der Waals surface area contributed by atoms with E-state index in [0.717, 1.165) is 9.80 Å². The maximum atomic E-state index is 13.3. The Morgan fingerprint density at radius 2 is 1.77 bits per heavy atom. The summed E-state index contributed by atoms with van der Waals surface area (Å²) in [5.74, 6) is -2.58. The molecule has 2 aliphatic heterocycles. The van der Waals surface area contributed by atoms with Crippen LogP contribution in [0, 0.1) is 0 Å². The molecule has 1 atom stereocenters. The van der Waals surface area contributed by atoms with Gasteiger partial charge < -0.3 is 9.84 Å². The van der Waals surface area contributed by atoms with Crippen molar-refractivity contribution in [3.63, 3.8) is 0 Å². The van der Waals surface area contributed by atoms with Gasteiger partial charge in [0, 0.05) is 16.3 Å². The molecule has 1 saturated heterocycles. The first kappa shape index (κ1) is 19.9. The molecule has 30 heavy (non-hydrogen) atoms. The topological polar surface area (TPSA) is 104 Å². The molecule has 3 amide bonds. The molecule has 9 heteroatoms. The third-order valence-electron chi connectivity index (χ3n) is 5.27. The second-order valence-corrected chi connectivity index (χ2v) is 7.48. The molecule has 0 saturated carbocycles. The van der Waals surface area contributed by atoms with Gasteiger partial charge in [-0.1, -0.05) is 29.8 Å². The summed E-state index contributed by atoms with van der Waals surface area (Å²) in [6.45, 7) is -0.586. The Labute approximate surface area is 176 Å². The molecule has 2 aromatic rings. The number of likely N-dealkylation sites (tertiary alicyclic amines) is 1. The van der Waals surface area contributed by atoms with Crippen LogP contribution < -0.4 is 9.64 Å². The van der Waals surface area contributed by atoms with Crippen molar-refractivity contribution >= 4 is 41.0 Å². The van der Waals surface area contributed by atoms with E-state index in [2.05, 4.69) is 0 Å². The van der Waals surface area contributed by atoms with Crippen molar-refractivity contribution in [3.8, 4) is 5.75 Å². The number of anilines is 1. The predicted octanol–water partition coefficient (Wildman–Crippen LogP) is 1.85. The summed E-state index contributed by atoms with van der Waals surface area (Å²) in [5, 5.41) is 9.48. The van der Waals surface area contributed by atoms with Crippen molar-refractivity contribution in [2.24, 2.45) is 0 Å². The summed E-state index contributed by atoms with van der Waals surface area (Å²) in [7, 11) is 0. The molecule has 2 heterocycles. The van der Waals surface area contributed by atoms with E-state index in [-0.39, 0.29) is 35.8 Å². The normalized spacial score (nSPS) is 20.2. The first-order valence-electron chi connectivity index (χ1n) is 9.21. The van der Waals surface area contributed by atoms with Crippen LogP contribution in [0.3, 0.4) is 0 Å². The molecule has 1 unspecified atom stereocenters. The number of hydrogen-bond acceptors (Lipinski definition) is 5. The van der Waals surface area contributed by atoms with Gasteiger partial charge in [0.25, 0.3) is 0 Å². The van der Waals surface area contributed by atoms with Crippen LogP contribution in [0.2, 0.25) is 5.02 Å². The fourth-order valence-electron chi connectivity index (χ4n) is 3.95. The van der Waals surface area contributed by atoms with Gasteiger partial charge in [0.1, 0.15) is 18.9 Å². The largest absolute Gasteiger partial charge is 0.492 e. The molecule has 154 valence electrons. The number of rotatable bonds is 6. The van der Waals surface area contributed by atoms with Gasteiger partial charge >= 0.3 is 5.97 Å². The maximum absolute atomic E-state index is 13.3. The summed E-state index contributed by atoms with van der Waals surface area (Å²) in [6, 6.07) is 13.4. The number of para-hydroxylation sites is 1. The number of carbonyl (C=O) groups is 4. The SMILES string of the molecule is O=C(O)CN1C(=O)C2(CC(=O)N(CCOc3ccccc3)C2=O)c2cc(Cl)ccc21. The van der Waals surface area contributed by atoms with E-state index in [1.165, 1.54) is 18.2 Å². The van der Waals surface area contributed by atoms with Gasteiger partial charge in [-0.15, -0.1) is 0 Å². The van der Waals surface area contributed by atoms with Crippen LogP contribution in [0.5, 0.6) is 5.75 Å². The first-order chi connectivity index (χ1) is 14.3. The number of nitrogens with zero attached hydrogens (tertiary/aromatic N) is 2. The van der Waals surface area contributed by atoms with E-state index in [1.54, 1.807) is 24.3 Å². The molecule has 2 aliphatic rings. The maximum Gasteiger partial charge on any atom is 0.323 e. The molecule has 0 radical (unpaired) electrons. The zero-order valence-corrected chi connectivity index (χ0v) is 16.5. The standard InChI is InChI=1S/C21H17ClN2O6/c22-13-6-7-16-15(10-13)21(20(29)24(16)12-18(26)27)11-17(25)23(19(21)28)8-9-30-14-4-2-1-3-5-14/h1-7,10H,8-9,11-12H2,(H,26,27). The summed E-state index contributed by atoms with van der Waals surface area (Å²) in [5.41, 5.74) is -1.26. The number of carboxylic acids is 1. The van der Waals surface area contributed by atoms with Gasteiger partial charge in [0.15, 0.2) is 5.41 Å².